The van der Waals surface area contributed by atoms with Crippen LogP contribution in [0.2, 0.25) is 0 Å². The smallest absolute Gasteiger partial charge is 0.148 e. The van der Waals surface area contributed by atoms with E-state index in [0.717, 1.165) is 12.3 Å². The van der Waals surface area contributed by atoms with Gasteiger partial charge >= 0.3 is 0 Å². The molecule has 2 nitrogen and oxygen atoms in total. The second-order valence-corrected chi connectivity index (χ2v) is 1.79. The molecule has 1 aromatic rings. The van der Waals surface area contributed by atoms with E-state index in [1.165, 1.54) is 0 Å². The van der Waals surface area contributed by atoms with Gasteiger partial charge in [0.1, 0.15) is 11.6 Å². The first-order valence-electron chi connectivity index (χ1n) is 2.74. The molecule has 0 spiro atoms. The number of nitrogens with two attached hydrogens (primary N) is 1. The predicted octanol–water partition coefficient (Wildman–Crippen LogP) is 0.819. The highest BCUT2D eigenvalue weighted by molar-refractivity contribution is 5.07. The van der Waals surface area contributed by atoms with Gasteiger partial charge in [0.15, 0.2) is 0 Å². The number of nitrogens with zero attached hydrogens (tertiary/aromatic N) is 1. The Morgan fingerprint density at radius 1 is 1.50 bits per heavy atom. The second kappa shape index (κ2) is 2.70. The summed E-state index contributed by atoms with van der Waals surface area (Å²) in [6, 6.07) is 0.759. The topological polar surface area (TPSA) is 38.9 Å². The molecule has 0 atom stereocenters. The molecule has 1 aromatic heterocycles. The maximum Gasteiger partial charge on any atom is 0.148 e. The zero-order valence-corrected chi connectivity index (χ0v) is 5.14. The van der Waals surface area contributed by atoms with E-state index in [-0.39, 0.29) is 12.2 Å². The lowest BCUT2D eigenvalue weighted by Crippen LogP contribution is -2.02. The van der Waals surface area contributed by atoms with Crippen molar-refractivity contribution in [2.45, 2.75) is 6.54 Å². The van der Waals surface area contributed by atoms with Crippen molar-refractivity contribution in [1.29, 1.82) is 0 Å². The van der Waals surface area contributed by atoms with E-state index in [1.54, 1.807) is 0 Å². The summed E-state index contributed by atoms with van der Waals surface area (Å²) in [5.41, 5.74) is 5.16. The number of rotatable bonds is 1. The average Bonchev–Trinajstić information content (AvgIpc) is 1.88. The predicted molar refractivity (Wildman–Crippen MR) is 32.0 cm³/mol. The van der Waals surface area contributed by atoms with Crippen LogP contribution in [-0.2, 0) is 6.54 Å². The zero-order chi connectivity index (χ0) is 7.56. The van der Waals surface area contributed by atoms with Gasteiger partial charge in [-0.2, -0.15) is 0 Å². The minimum absolute atomic E-state index is 0.00782. The van der Waals surface area contributed by atoms with Crippen LogP contribution in [0.3, 0.4) is 0 Å². The van der Waals surface area contributed by atoms with Gasteiger partial charge in [0.05, 0.1) is 11.9 Å². The van der Waals surface area contributed by atoms with Crippen LogP contribution in [0.1, 0.15) is 5.69 Å². The largest absolute Gasteiger partial charge is 0.325 e. The molecule has 0 aromatic carbocycles. The highest BCUT2D eigenvalue weighted by atomic mass is 19.1. The lowest BCUT2D eigenvalue weighted by Gasteiger charge is -1.95. The van der Waals surface area contributed by atoms with Gasteiger partial charge in [-0.05, 0) is 0 Å². The molecule has 0 aliphatic carbocycles. The molecule has 0 aliphatic rings. The molecule has 10 heavy (non-hydrogen) atoms. The highest BCUT2D eigenvalue weighted by Gasteiger charge is 2.01. The summed E-state index contributed by atoms with van der Waals surface area (Å²) in [6.07, 6.45) is 0.936. The minimum Gasteiger partial charge on any atom is -0.325 e. The van der Waals surface area contributed by atoms with Gasteiger partial charge in [0, 0.05) is 12.6 Å². The van der Waals surface area contributed by atoms with Gasteiger partial charge in [0.25, 0.3) is 0 Å². The van der Waals surface area contributed by atoms with Crippen molar-refractivity contribution in [3.8, 4) is 0 Å². The molecule has 54 valence electrons. The fourth-order valence-corrected chi connectivity index (χ4v) is 0.593. The van der Waals surface area contributed by atoms with Gasteiger partial charge in [-0.3, -0.25) is 4.98 Å². The van der Waals surface area contributed by atoms with E-state index >= 15 is 0 Å². The van der Waals surface area contributed by atoms with Crippen molar-refractivity contribution in [2.24, 2.45) is 5.73 Å². The normalized spacial score (nSPS) is 9.90. The Hall–Kier alpha value is -1.03. The lowest BCUT2D eigenvalue weighted by atomic mass is 10.3. The van der Waals surface area contributed by atoms with Crippen molar-refractivity contribution in [3.05, 3.63) is 29.6 Å². The highest BCUT2D eigenvalue weighted by Crippen LogP contribution is 2.03. The molecule has 1 rings (SSSR count). The molecule has 0 aliphatic heterocycles. The van der Waals surface area contributed by atoms with Crippen LogP contribution in [0.25, 0.3) is 0 Å². The van der Waals surface area contributed by atoms with Gasteiger partial charge in [-0.25, -0.2) is 8.78 Å². The molecule has 4 heteroatoms. The first-order chi connectivity index (χ1) is 4.74. The molecule has 0 bridgehead atoms. The zero-order valence-electron chi connectivity index (χ0n) is 5.14. The van der Waals surface area contributed by atoms with Gasteiger partial charge in [-0.1, -0.05) is 0 Å². The Balaban J connectivity index is 3.07. The molecule has 0 fully saturated rings. The average molecular weight is 144 g/mol. The Morgan fingerprint density at radius 2 is 2.20 bits per heavy atom. The summed E-state index contributed by atoms with van der Waals surface area (Å²) in [5.74, 6) is -1.38. The summed E-state index contributed by atoms with van der Waals surface area (Å²) in [6.45, 7) is -0.00782. The number of aromatic nitrogens is 1. The van der Waals surface area contributed by atoms with Crippen LogP contribution in [-0.4, -0.2) is 4.98 Å². The van der Waals surface area contributed by atoms with Crippen LogP contribution in [0.4, 0.5) is 8.78 Å². The third-order valence-corrected chi connectivity index (χ3v) is 1.08. The van der Waals surface area contributed by atoms with E-state index in [9.17, 15) is 8.78 Å². The third-order valence-electron chi connectivity index (χ3n) is 1.08. The Morgan fingerprint density at radius 3 is 2.70 bits per heavy atom. The van der Waals surface area contributed by atoms with E-state index in [2.05, 4.69) is 4.98 Å². The first kappa shape index (κ1) is 7.08. The first-order valence-corrected chi connectivity index (χ1v) is 2.74. The molecule has 0 amide bonds. The third kappa shape index (κ3) is 1.27. The Labute approximate surface area is 56.7 Å². The number of hydrogen-bond donors (Lipinski definition) is 1. The molecule has 1 heterocycles. The molecule has 0 radical (unpaired) electrons. The summed E-state index contributed by atoms with van der Waals surface area (Å²) in [4.78, 5) is 3.42. The molecule has 2 N–H and O–H groups in total. The van der Waals surface area contributed by atoms with Crippen LogP contribution in [0.15, 0.2) is 12.3 Å². The maximum atomic E-state index is 12.5. The van der Waals surface area contributed by atoms with E-state index < -0.39 is 11.6 Å². The summed E-state index contributed by atoms with van der Waals surface area (Å²) >= 11 is 0. The quantitative estimate of drug-likeness (QED) is 0.633. The van der Waals surface area contributed by atoms with Gasteiger partial charge in [0.2, 0.25) is 0 Å². The maximum absolute atomic E-state index is 12.5. The molecule has 0 saturated carbocycles. The van der Waals surface area contributed by atoms with Gasteiger partial charge in [-0.15, -0.1) is 0 Å². The van der Waals surface area contributed by atoms with Crippen LogP contribution in [0.5, 0.6) is 0 Å². The summed E-state index contributed by atoms with van der Waals surface area (Å²) in [7, 11) is 0. The Kier molecular flexibility index (Phi) is 1.91. The van der Waals surface area contributed by atoms with E-state index in [4.69, 9.17) is 5.73 Å². The summed E-state index contributed by atoms with van der Waals surface area (Å²) in [5, 5.41) is 0. The Bertz CT molecular complexity index is 237. The molecule has 0 saturated heterocycles. The van der Waals surface area contributed by atoms with Crippen molar-refractivity contribution < 1.29 is 8.78 Å². The van der Waals surface area contributed by atoms with Crippen LogP contribution < -0.4 is 5.73 Å². The van der Waals surface area contributed by atoms with Crippen molar-refractivity contribution in [2.75, 3.05) is 0 Å². The second-order valence-electron chi connectivity index (χ2n) is 1.79. The van der Waals surface area contributed by atoms with Crippen LogP contribution in [0, 0.1) is 11.6 Å². The SMILES string of the molecule is NCc1ncc(F)cc1F. The molecule has 0 unspecified atom stereocenters. The minimum atomic E-state index is -0.692. The standard InChI is InChI=1S/C6H6F2N2/c7-4-1-5(8)6(2-9)10-3-4/h1,3H,2,9H2. The fraction of sp³-hybridized carbons (Fsp3) is 0.167. The van der Waals surface area contributed by atoms with E-state index in [1.807, 2.05) is 0 Å². The number of hydrogen-bond acceptors (Lipinski definition) is 2. The van der Waals surface area contributed by atoms with Gasteiger partial charge < -0.3 is 5.73 Å². The van der Waals surface area contributed by atoms with Crippen molar-refractivity contribution in [3.63, 3.8) is 0 Å². The van der Waals surface area contributed by atoms with Crippen molar-refractivity contribution >= 4 is 0 Å². The molecular weight excluding hydrogens is 138 g/mol. The number of pyridine rings is 1. The number of halogens is 2. The lowest BCUT2D eigenvalue weighted by molar-refractivity contribution is 0.558. The monoisotopic (exact) mass is 144 g/mol. The molecular formula is C6H6F2N2. The summed E-state index contributed by atoms with van der Waals surface area (Å²) < 4.78 is 24.6. The van der Waals surface area contributed by atoms with Crippen molar-refractivity contribution in [1.82, 2.24) is 4.98 Å². The van der Waals surface area contributed by atoms with E-state index in [0.29, 0.717) is 0 Å². The fourth-order valence-electron chi connectivity index (χ4n) is 0.593. The van der Waals surface area contributed by atoms with Crippen LogP contribution >= 0.6 is 0 Å².